The van der Waals surface area contributed by atoms with Crippen LogP contribution >= 0.6 is 0 Å². The summed E-state index contributed by atoms with van der Waals surface area (Å²) in [5.74, 6) is -3.02. The van der Waals surface area contributed by atoms with Gasteiger partial charge < -0.3 is 46.1 Å². The van der Waals surface area contributed by atoms with Gasteiger partial charge in [-0.25, -0.2) is 4.99 Å². The summed E-state index contributed by atoms with van der Waals surface area (Å²) in [6, 6.07) is 0. The summed E-state index contributed by atoms with van der Waals surface area (Å²) in [5, 5.41) is 54.0. The van der Waals surface area contributed by atoms with Crippen LogP contribution in [0.4, 0.5) is 0 Å². The summed E-state index contributed by atoms with van der Waals surface area (Å²) >= 11 is 0. The largest absolute Gasteiger partial charge is 0.393 e. The molecule has 8 N–H and O–H groups in total. The van der Waals surface area contributed by atoms with Crippen molar-refractivity contribution in [2.45, 2.75) is 48.1 Å². The Bertz CT molecular complexity index is 532. The van der Waals surface area contributed by atoms with Crippen LogP contribution in [0.25, 0.3) is 0 Å². The maximum Gasteiger partial charge on any atom is 0.283 e. The molecule has 10 heteroatoms. The van der Waals surface area contributed by atoms with Crippen molar-refractivity contribution in [2.24, 2.45) is 16.6 Å². The van der Waals surface area contributed by atoms with Crippen LogP contribution in [-0.2, 0) is 9.47 Å². The Hall–Kier alpha value is -1.01. The molecule has 3 saturated heterocycles. The number of aliphatic hydroxyl groups is 5. The van der Waals surface area contributed by atoms with Crippen molar-refractivity contribution in [1.82, 2.24) is 5.32 Å². The molecule has 10 nitrogen and oxygen atoms in total. The Labute approximate surface area is 118 Å². The molecule has 8 atom stereocenters. The lowest BCUT2D eigenvalue weighted by molar-refractivity contribution is -0.524. The zero-order valence-electron chi connectivity index (χ0n) is 10.9. The van der Waals surface area contributed by atoms with Gasteiger partial charge in [-0.1, -0.05) is 0 Å². The third kappa shape index (κ3) is 1.38. The zero-order valence-corrected chi connectivity index (χ0v) is 10.9. The second-order valence-corrected chi connectivity index (χ2v) is 6.18. The normalized spacial score (nSPS) is 61.2. The zero-order chi connectivity index (χ0) is 15.2. The number of nitrogens with one attached hydrogen (secondary N) is 1. The van der Waals surface area contributed by atoms with Crippen LogP contribution in [0.5, 0.6) is 0 Å². The lowest BCUT2D eigenvalue weighted by Crippen LogP contribution is -2.90. The molecule has 4 aliphatic heterocycles. The summed E-state index contributed by atoms with van der Waals surface area (Å²) < 4.78 is 10.6. The van der Waals surface area contributed by atoms with Gasteiger partial charge in [0, 0.05) is 0 Å². The van der Waals surface area contributed by atoms with E-state index in [4.69, 9.17) is 15.2 Å². The summed E-state index contributed by atoms with van der Waals surface area (Å²) in [4.78, 5) is 3.77. The SMILES string of the molecule is NC1=N[C@H](O)C2C3OC4(O)C[C@]2(N1)[C@H](O)C(O4)[C@]3(O)CO. The van der Waals surface area contributed by atoms with Crippen LogP contribution in [-0.4, -0.2) is 79.8 Å². The Morgan fingerprint density at radius 1 is 1.29 bits per heavy atom. The number of nitrogens with two attached hydrogens (primary N) is 1. The maximum atomic E-state index is 10.6. The van der Waals surface area contributed by atoms with Gasteiger partial charge in [0.15, 0.2) is 12.2 Å². The standard InChI is InChI=1S/C11H17N3O7/c12-8-13-7(17)3-5-10(18,2-15)6-4(16)9(3,14-8)1-11(19,20-5)21-6/h3-7,15-19H,1-2H2,(H3,12,13,14)/t3?,4-,5?,6?,7-,9-,10+,11?/m1/s1. The number of aliphatic imine (C=N–C) groups is 1. The van der Waals surface area contributed by atoms with E-state index in [0.717, 1.165) is 0 Å². The molecule has 5 rings (SSSR count). The molecule has 1 aliphatic carbocycles. The molecule has 4 heterocycles. The maximum absolute atomic E-state index is 10.6. The highest BCUT2D eigenvalue weighted by Gasteiger charge is 2.78. The lowest BCUT2D eigenvalue weighted by atomic mass is 9.56. The van der Waals surface area contributed by atoms with Crippen molar-refractivity contribution in [3.05, 3.63) is 0 Å². The first kappa shape index (κ1) is 13.6. The summed E-state index contributed by atoms with van der Waals surface area (Å²) in [7, 11) is 0. The van der Waals surface area contributed by atoms with E-state index >= 15 is 0 Å². The molecular formula is C11H17N3O7. The van der Waals surface area contributed by atoms with Gasteiger partial charge >= 0.3 is 0 Å². The van der Waals surface area contributed by atoms with Crippen molar-refractivity contribution in [3.63, 3.8) is 0 Å². The van der Waals surface area contributed by atoms with Crippen LogP contribution < -0.4 is 11.1 Å². The van der Waals surface area contributed by atoms with Crippen LogP contribution in [0.15, 0.2) is 4.99 Å². The highest BCUT2D eigenvalue weighted by molar-refractivity contribution is 5.80. The fraction of sp³-hybridized carbons (Fsp3) is 0.909. The van der Waals surface area contributed by atoms with Crippen LogP contribution in [0.2, 0.25) is 0 Å². The Morgan fingerprint density at radius 2 is 1.95 bits per heavy atom. The van der Waals surface area contributed by atoms with E-state index in [0.29, 0.717) is 0 Å². The van der Waals surface area contributed by atoms with Crippen molar-refractivity contribution < 1.29 is 35.0 Å². The molecule has 1 spiro atoms. The van der Waals surface area contributed by atoms with E-state index in [9.17, 15) is 25.5 Å². The average Bonchev–Trinajstić information content (AvgIpc) is 2.39. The predicted molar refractivity (Wildman–Crippen MR) is 64.3 cm³/mol. The molecule has 5 aliphatic rings. The third-order valence-electron chi connectivity index (χ3n) is 5.07. The van der Waals surface area contributed by atoms with E-state index in [1.54, 1.807) is 0 Å². The van der Waals surface area contributed by atoms with E-state index in [1.807, 2.05) is 0 Å². The number of rotatable bonds is 1. The second kappa shape index (κ2) is 3.66. The van der Waals surface area contributed by atoms with Crippen LogP contribution in [0, 0.1) is 5.92 Å². The molecule has 21 heavy (non-hydrogen) atoms. The van der Waals surface area contributed by atoms with Gasteiger partial charge in [0.1, 0.15) is 23.9 Å². The monoisotopic (exact) mass is 303 g/mol. The third-order valence-corrected chi connectivity index (χ3v) is 5.07. The number of hydrogen-bond donors (Lipinski definition) is 7. The molecule has 118 valence electrons. The predicted octanol–water partition coefficient (Wildman–Crippen LogP) is -4.49. The minimum absolute atomic E-state index is 0.0871. The molecule has 1 saturated carbocycles. The van der Waals surface area contributed by atoms with E-state index in [-0.39, 0.29) is 12.4 Å². The number of ether oxygens (including phenoxy) is 2. The van der Waals surface area contributed by atoms with Gasteiger partial charge in [-0.2, -0.15) is 0 Å². The van der Waals surface area contributed by atoms with Gasteiger partial charge in [-0.3, -0.25) is 0 Å². The van der Waals surface area contributed by atoms with E-state index in [2.05, 4.69) is 10.3 Å². The van der Waals surface area contributed by atoms with Crippen molar-refractivity contribution in [3.8, 4) is 0 Å². The van der Waals surface area contributed by atoms with E-state index < -0.39 is 54.2 Å². The van der Waals surface area contributed by atoms with Gasteiger partial charge in [0.05, 0.1) is 24.5 Å². The average molecular weight is 303 g/mol. The molecule has 0 aromatic heterocycles. The number of hydrogen-bond acceptors (Lipinski definition) is 10. The number of nitrogens with zero attached hydrogens (tertiary/aromatic N) is 1. The van der Waals surface area contributed by atoms with Crippen molar-refractivity contribution in [1.29, 1.82) is 0 Å². The van der Waals surface area contributed by atoms with Crippen LogP contribution in [0.3, 0.4) is 0 Å². The Kier molecular flexibility index (Phi) is 2.38. The summed E-state index contributed by atoms with van der Waals surface area (Å²) in [6.45, 7) is -0.770. The lowest BCUT2D eigenvalue weighted by Gasteiger charge is -2.69. The van der Waals surface area contributed by atoms with E-state index in [1.165, 1.54) is 0 Å². The smallest absolute Gasteiger partial charge is 0.283 e. The van der Waals surface area contributed by atoms with Crippen molar-refractivity contribution >= 4 is 5.96 Å². The molecular weight excluding hydrogens is 286 g/mol. The molecule has 4 unspecified atom stereocenters. The Balaban J connectivity index is 1.90. The highest BCUT2D eigenvalue weighted by atomic mass is 16.8. The first-order valence-corrected chi connectivity index (χ1v) is 6.65. The summed E-state index contributed by atoms with van der Waals surface area (Å²) in [6.07, 6.45) is -5.35. The Morgan fingerprint density at radius 3 is 2.62 bits per heavy atom. The van der Waals surface area contributed by atoms with Gasteiger partial charge in [-0.15, -0.1) is 0 Å². The first-order valence-electron chi connectivity index (χ1n) is 6.65. The quantitative estimate of drug-likeness (QED) is 0.252. The minimum atomic E-state index is -2.03. The fourth-order valence-electron chi connectivity index (χ4n) is 4.22. The number of aliphatic hydroxyl groups excluding tert-OH is 3. The van der Waals surface area contributed by atoms with Crippen molar-refractivity contribution in [2.75, 3.05) is 6.61 Å². The van der Waals surface area contributed by atoms with Crippen LogP contribution in [0.1, 0.15) is 6.42 Å². The molecule has 4 fully saturated rings. The van der Waals surface area contributed by atoms with Gasteiger partial charge in [0.25, 0.3) is 5.97 Å². The van der Waals surface area contributed by atoms with Gasteiger partial charge in [0.2, 0.25) is 0 Å². The molecule has 0 radical (unpaired) electrons. The molecule has 0 aromatic rings. The molecule has 4 bridgehead atoms. The minimum Gasteiger partial charge on any atom is -0.393 e. The second-order valence-electron chi connectivity index (χ2n) is 6.18. The molecule has 0 amide bonds. The molecule has 0 aromatic carbocycles. The summed E-state index contributed by atoms with van der Waals surface area (Å²) in [5.41, 5.74) is 2.40. The van der Waals surface area contributed by atoms with Gasteiger partial charge in [-0.05, 0) is 0 Å². The first-order chi connectivity index (χ1) is 9.76. The topological polar surface area (TPSA) is 170 Å². The number of guanidine groups is 1. The fourth-order valence-corrected chi connectivity index (χ4v) is 4.22. The highest BCUT2D eigenvalue weighted by Crippen LogP contribution is 2.58.